The first-order chi connectivity index (χ1) is 11.2. The molecule has 2 rings (SSSR count). The zero-order chi connectivity index (χ0) is 16.7. The summed E-state index contributed by atoms with van der Waals surface area (Å²) in [7, 11) is 3.55. The average Bonchev–Trinajstić information content (AvgIpc) is 2.60. The number of benzene rings is 2. The molecule has 0 saturated heterocycles. The molecule has 4 heteroatoms. The average molecular weight is 312 g/mol. The first-order valence-electron chi connectivity index (χ1n) is 7.83. The minimum atomic E-state index is -0.129. The van der Waals surface area contributed by atoms with Gasteiger partial charge in [0.05, 0.1) is 13.2 Å². The van der Waals surface area contributed by atoms with Gasteiger partial charge in [-0.3, -0.25) is 4.79 Å². The van der Waals surface area contributed by atoms with Crippen LogP contribution in [0.4, 0.5) is 0 Å². The number of ether oxygens (including phenoxy) is 1. The maximum absolute atomic E-state index is 12.6. The van der Waals surface area contributed by atoms with E-state index in [0.29, 0.717) is 0 Å². The minimum absolute atomic E-state index is 0.0601. The van der Waals surface area contributed by atoms with Crippen LogP contribution in [0.2, 0.25) is 0 Å². The molecule has 23 heavy (non-hydrogen) atoms. The molecule has 0 fully saturated rings. The molecule has 1 unspecified atom stereocenters. The standard InChI is InChI=1S/C19H24N2O2/c1-14(16-9-6-7-11-18(16)23-3)21-19(22)17-10-5-4-8-15(17)12-13-20-2/h4-11,14,20H,12-13H2,1-3H3,(H,21,22). The van der Waals surface area contributed by atoms with Crippen LogP contribution in [-0.2, 0) is 6.42 Å². The summed E-state index contributed by atoms with van der Waals surface area (Å²) in [4.78, 5) is 12.6. The van der Waals surface area contributed by atoms with Gasteiger partial charge in [-0.05, 0) is 44.6 Å². The Balaban J connectivity index is 2.15. The number of hydrogen-bond acceptors (Lipinski definition) is 3. The second-order valence-electron chi connectivity index (χ2n) is 5.45. The largest absolute Gasteiger partial charge is 0.496 e. The molecule has 0 saturated carbocycles. The van der Waals surface area contributed by atoms with Crippen LogP contribution in [-0.4, -0.2) is 26.6 Å². The van der Waals surface area contributed by atoms with Gasteiger partial charge >= 0.3 is 0 Å². The number of carbonyl (C=O) groups is 1. The van der Waals surface area contributed by atoms with Crippen molar-refractivity contribution in [2.45, 2.75) is 19.4 Å². The lowest BCUT2D eigenvalue weighted by atomic mass is 10.0. The highest BCUT2D eigenvalue weighted by Crippen LogP contribution is 2.24. The van der Waals surface area contributed by atoms with Crippen LogP contribution in [0.5, 0.6) is 5.75 Å². The third kappa shape index (κ3) is 4.33. The SMILES string of the molecule is CNCCc1ccccc1C(=O)NC(C)c1ccccc1OC. The molecule has 0 aliphatic heterocycles. The fourth-order valence-corrected chi connectivity index (χ4v) is 2.60. The van der Waals surface area contributed by atoms with Crippen molar-refractivity contribution in [1.82, 2.24) is 10.6 Å². The van der Waals surface area contributed by atoms with Gasteiger partial charge in [0.25, 0.3) is 5.91 Å². The zero-order valence-electron chi connectivity index (χ0n) is 13.9. The van der Waals surface area contributed by atoms with Crippen molar-refractivity contribution >= 4 is 5.91 Å². The van der Waals surface area contributed by atoms with Crippen molar-refractivity contribution in [2.24, 2.45) is 0 Å². The molecule has 1 atom stereocenters. The highest BCUT2D eigenvalue weighted by Gasteiger charge is 2.16. The Labute approximate surface area is 137 Å². The summed E-state index contributed by atoms with van der Waals surface area (Å²) in [5.74, 6) is 0.721. The zero-order valence-corrected chi connectivity index (χ0v) is 13.9. The first kappa shape index (κ1) is 17.0. The molecule has 4 nitrogen and oxygen atoms in total. The summed E-state index contributed by atoms with van der Waals surface area (Å²) in [5.41, 5.74) is 2.74. The van der Waals surface area contributed by atoms with E-state index in [0.717, 1.165) is 35.4 Å². The van der Waals surface area contributed by atoms with Gasteiger partial charge in [0, 0.05) is 11.1 Å². The summed E-state index contributed by atoms with van der Waals surface area (Å²) in [6.45, 7) is 2.80. The maximum atomic E-state index is 12.6. The number of methoxy groups -OCH3 is 1. The smallest absolute Gasteiger partial charge is 0.252 e. The molecule has 0 aliphatic rings. The van der Waals surface area contributed by atoms with Crippen LogP contribution < -0.4 is 15.4 Å². The molecule has 0 aliphatic carbocycles. The summed E-state index contributed by atoms with van der Waals surface area (Å²) in [5, 5.41) is 6.18. The lowest BCUT2D eigenvalue weighted by Gasteiger charge is -2.18. The van der Waals surface area contributed by atoms with Gasteiger partial charge in [-0.2, -0.15) is 0 Å². The van der Waals surface area contributed by atoms with E-state index in [4.69, 9.17) is 4.74 Å². The fourth-order valence-electron chi connectivity index (χ4n) is 2.60. The summed E-state index contributed by atoms with van der Waals surface area (Å²) in [6.07, 6.45) is 0.823. The number of hydrogen-bond donors (Lipinski definition) is 2. The first-order valence-corrected chi connectivity index (χ1v) is 7.83. The van der Waals surface area contributed by atoms with Gasteiger partial charge in [-0.1, -0.05) is 36.4 Å². The molecule has 122 valence electrons. The van der Waals surface area contributed by atoms with Gasteiger partial charge in [0.2, 0.25) is 0 Å². The number of carbonyl (C=O) groups excluding carboxylic acids is 1. The Hall–Kier alpha value is -2.33. The Morgan fingerprint density at radius 1 is 1.13 bits per heavy atom. The summed E-state index contributed by atoms with van der Waals surface area (Å²) < 4.78 is 5.37. The van der Waals surface area contributed by atoms with Crippen LogP contribution in [0.15, 0.2) is 48.5 Å². The van der Waals surface area contributed by atoms with E-state index < -0.39 is 0 Å². The normalized spacial score (nSPS) is 11.8. The second kappa shape index (κ2) is 8.34. The fraction of sp³-hybridized carbons (Fsp3) is 0.316. The van der Waals surface area contributed by atoms with Crippen molar-refractivity contribution in [2.75, 3.05) is 20.7 Å². The van der Waals surface area contributed by atoms with E-state index in [2.05, 4.69) is 10.6 Å². The molecule has 0 radical (unpaired) electrons. The molecule has 2 aromatic rings. The van der Waals surface area contributed by atoms with Crippen LogP contribution >= 0.6 is 0 Å². The predicted octanol–water partition coefficient (Wildman–Crippen LogP) is 2.95. The van der Waals surface area contributed by atoms with Crippen LogP contribution in [0.3, 0.4) is 0 Å². The van der Waals surface area contributed by atoms with E-state index in [1.807, 2.05) is 62.5 Å². The Morgan fingerprint density at radius 2 is 1.83 bits per heavy atom. The molecule has 0 spiro atoms. The van der Waals surface area contributed by atoms with Crippen molar-refractivity contribution in [3.05, 3.63) is 65.2 Å². The molecule has 0 heterocycles. The highest BCUT2D eigenvalue weighted by molar-refractivity contribution is 5.96. The number of likely N-dealkylation sites (N-methyl/N-ethyl adjacent to an activating group) is 1. The van der Waals surface area contributed by atoms with Crippen molar-refractivity contribution in [1.29, 1.82) is 0 Å². The molecule has 1 amide bonds. The topological polar surface area (TPSA) is 50.4 Å². The van der Waals surface area contributed by atoms with Crippen LogP contribution in [0.1, 0.15) is 34.5 Å². The Morgan fingerprint density at radius 3 is 2.57 bits per heavy atom. The second-order valence-corrected chi connectivity index (χ2v) is 5.45. The van der Waals surface area contributed by atoms with Gasteiger partial charge in [-0.25, -0.2) is 0 Å². The van der Waals surface area contributed by atoms with Gasteiger partial charge in [-0.15, -0.1) is 0 Å². The number of para-hydroxylation sites is 1. The molecule has 2 aromatic carbocycles. The van der Waals surface area contributed by atoms with Gasteiger partial charge < -0.3 is 15.4 Å². The molecular formula is C19H24N2O2. The third-order valence-electron chi connectivity index (χ3n) is 3.86. The Bertz CT molecular complexity index is 655. The lowest BCUT2D eigenvalue weighted by molar-refractivity contribution is 0.0938. The Kier molecular flexibility index (Phi) is 6.18. The molecule has 0 bridgehead atoms. The van der Waals surface area contributed by atoms with Crippen molar-refractivity contribution in [3.8, 4) is 5.75 Å². The van der Waals surface area contributed by atoms with E-state index >= 15 is 0 Å². The van der Waals surface area contributed by atoms with Gasteiger partial charge in [0.15, 0.2) is 0 Å². The molecular weight excluding hydrogens is 288 g/mol. The minimum Gasteiger partial charge on any atom is -0.496 e. The van der Waals surface area contributed by atoms with Crippen LogP contribution in [0.25, 0.3) is 0 Å². The number of amides is 1. The monoisotopic (exact) mass is 312 g/mol. The summed E-state index contributed by atoms with van der Waals surface area (Å²) in [6, 6.07) is 15.3. The number of nitrogens with one attached hydrogen (secondary N) is 2. The van der Waals surface area contributed by atoms with Crippen molar-refractivity contribution < 1.29 is 9.53 Å². The van der Waals surface area contributed by atoms with E-state index in [1.165, 1.54) is 0 Å². The van der Waals surface area contributed by atoms with E-state index in [9.17, 15) is 4.79 Å². The quantitative estimate of drug-likeness (QED) is 0.826. The van der Waals surface area contributed by atoms with E-state index in [-0.39, 0.29) is 11.9 Å². The summed E-state index contributed by atoms with van der Waals surface area (Å²) >= 11 is 0. The molecule has 0 aromatic heterocycles. The maximum Gasteiger partial charge on any atom is 0.252 e. The highest BCUT2D eigenvalue weighted by atomic mass is 16.5. The van der Waals surface area contributed by atoms with Crippen LogP contribution in [0, 0.1) is 0 Å². The third-order valence-corrected chi connectivity index (χ3v) is 3.86. The predicted molar refractivity (Wildman–Crippen MR) is 92.9 cm³/mol. The van der Waals surface area contributed by atoms with Gasteiger partial charge in [0.1, 0.15) is 5.75 Å². The lowest BCUT2D eigenvalue weighted by Crippen LogP contribution is -2.28. The van der Waals surface area contributed by atoms with Crippen molar-refractivity contribution in [3.63, 3.8) is 0 Å². The number of rotatable bonds is 7. The van der Waals surface area contributed by atoms with E-state index in [1.54, 1.807) is 7.11 Å². The molecule has 2 N–H and O–H groups in total.